The second-order valence-electron chi connectivity index (χ2n) is 12.3. The number of rotatable bonds is 13. The molecule has 0 saturated carbocycles. The molecule has 260 valence electrons. The molecule has 0 unspecified atom stereocenters. The number of carbonyl (C=O) groups excluding carboxylic acids is 2. The molecule has 2 amide bonds. The number of anilines is 1. The number of aryl methyl sites for hydroxylation is 1. The van der Waals surface area contributed by atoms with Crippen LogP contribution in [0.4, 0.5) is 5.69 Å². The van der Waals surface area contributed by atoms with Gasteiger partial charge in [0.25, 0.3) is 0 Å². The molecule has 1 aliphatic rings. The molecule has 11 nitrogen and oxygen atoms in total. The summed E-state index contributed by atoms with van der Waals surface area (Å²) in [4.78, 5) is 44.8. The van der Waals surface area contributed by atoms with Crippen LogP contribution in [-0.4, -0.2) is 60.7 Å². The molecule has 49 heavy (non-hydrogen) atoms. The van der Waals surface area contributed by atoms with Crippen molar-refractivity contribution >= 4 is 40.3 Å². The predicted octanol–water partition coefficient (Wildman–Crippen LogP) is 5.64. The zero-order chi connectivity index (χ0) is 35.2. The third-order valence-corrected chi connectivity index (χ3v) is 9.42. The first-order chi connectivity index (χ1) is 23.6. The standard InChI is InChI=1S/C37H45N5O6S/c1-21(2)42-30-11-9-8-10-27(30)41-33(42)20-38-37(45)29(16-17-49-7)40-28-15-13-24-25(19-31(28)44)26(39-22(3)43)14-12-23-18-32(46-4)35(47-5)36(48-6)34(23)24/h8-11,13,15,18-19,21,26,29H,12,14,16-17,20H2,1-7H3,(H,38,45)(H,39,43)(H,40,44)/t26-,29-/m0/s1. The van der Waals surface area contributed by atoms with Gasteiger partial charge in [-0.2, -0.15) is 11.8 Å². The van der Waals surface area contributed by atoms with E-state index >= 15 is 0 Å². The van der Waals surface area contributed by atoms with E-state index < -0.39 is 12.1 Å². The van der Waals surface area contributed by atoms with Crippen LogP contribution in [0.3, 0.4) is 0 Å². The molecule has 3 aromatic carbocycles. The molecule has 2 atom stereocenters. The summed E-state index contributed by atoms with van der Waals surface area (Å²) >= 11 is 1.62. The molecule has 0 aliphatic heterocycles. The molecule has 3 N–H and O–H groups in total. The highest BCUT2D eigenvalue weighted by Crippen LogP contribution is 2.50. The van der Waals surface area contributed by atoms with Crippen molar-refractivity contribution < 1.29 is 23.8 Å². The SMILES string of the molecule is COc1cc2c(c(OC)c1OC)-c1ccc(N[C@@H](CCSC)C(=O)NCc3nc4ccccc4n3C(C)C)c(=O)cc1[C@@H](NC(C)=O)CC2. The van der Waals surface area contributed by atoms with E-state index in [1.807, 2.05) is 42.7 Å². The number of para-hydroxylation sites is 2. The molecule has 1 aromatic heterocycles. The topological polar surface area (TPSA) is 133 Å². The Labute approximate surface area is 291 Å². The summed E-state index contributed by atoms with van der Waals surface area (Å²) in [7, 11) is 4.68. The van der Waals surface area contributed by atoms with Crippen molar-refractivity contribution in [1.29, 1.82) is 0 Å². The first-order valence-electron chi connectivity index (χ1n) is 16.4. The summed E-state index contributed by atoms with van der Waals surface area (Å²) in [6.45, 7) is 5.88. The minimum absolute atomic E-state index is 0.151. The number of fused-ring (bicyclic) bond motifs is 4. The number of imidazole rings is 1. The number of ether oxygens (including phenoxy) is 3. The van der Waals surface area contributed by atoms with Crippen molar-refractivity contribution in [2.45, 2.75) is 64.7 Å². The van der Waals surface area contributed by atoms with E-state index in [0.29, 0.717) is 53.4 Å². The summed E-state index contributed by atoms with van der Waals surface area (Å²) in [5.41, 5.74) is 4.90. The van der Waals surface area contributed by atoms with Crippen molar-refractivity contribution in [2.75, 3.05) is 38.7 Å². The lowest BCUT2D eigenvalue weighted by Gasteiger charge is -2.19. The fraction of sp³-hybridized carbons (Fsp3) is 0.405. The molecular formula is C37H45N5O6S. The molecule has 4 aromatic rings. The molecule has 0 spiro atoms. The van der Waals surface area contributed by atoms with E-state index in [1.54, 1.807) is 45.2 Å². The van der Waals surface area contributed by atoms with Gasteiger partial charge in [-0.3, -0.25) is 14.4 Å². The van der Waals surface area contributed by atoms with Gasteiger partial charge in [0.15, 0.2) is 11.5 Å². The largest absolute Gasteiger partial charge is 0.493 e. The van der Waals surface area contributed by atoms with E-state index in [-0.39, 0.29) is 35.5 Å². The van der Waals surface area contributed by atoms with Crippen molar-refractivity contribution in [3.8, 4) is 28.4 Å². The molecule has 0 fully saturated rings. The fourth-order valence-corrected chi connectivity index (χ4v) is 7.08. The smallest absolute Gasteiger partial charge is 0.242 e. The summed E-state index contributed by atoms with van der Waals surface area (Å²) in [5.74, 6) is 2.45. The van der Waals surface area contributed by atoms with E-state index in [0.717, 1.165) is 28.0 Å². The van der Waals surface area contributed by atoms with Crippen LogP contribution in [0.1, 0.15) is 62.6 Å². The van der Waals surface area contributed by atoms with E-state index in [4.69, 9.17) is 19.2 Å². The lowest BCUT2D eigenvalue weighted by atomic mass is 9.95. The van der Waals surface area contributed by atoms with Crippen LogP contribution in [-0.2, 0) is 22.6 Å². The Morgan fingerprint density at radius 3 is 2.47 bits per heavy atom. The van der Waals surface area contributed by atoms with Gasteiger partial charge in [-0.05, 0) is 92.1 Å². The average Bonchev–Trinajstić information content (AvgIpc) is 3.31. The van der Waals surface area contributed by atoms with E-state index in [9.17, 15) is 14.4 Å². The van der Waals surface area contributed by atoms with Crippen LogP contribution in [0, 0.1) is 0 Å². The first kappa shape index (κ1) is 35.6. The lowest BCUT2D eigenvalue weighted by Crippen LogP contribution is -2.41. The Bertz CT molecular complexity index is 1910. The van der Waals surface area contributed by atoms with Crippen LogP contribution >= 0.6 is 11.8 Å². The van der Waals surface area contributed by atoms with Crippen LogP contribution < -0.4 is 35.6 Å². The number of methoxy groups -OCH3 is 3. The molecule has 1 heterocycles. The Morgan fingerprint density at radius 1 is 1.04 bits per heavy atom. The maximum atomic E-state index is 14.0. The monoisotopic (exact) mass is 687 g/mol. The second kappa shape index (κ2) is 15.7. The maximum Gasteiger partial charge on any atom is 0.242 e. The number of benzene rings is 2. The Balaban J connectivity index is 1.53. The number of nitrogens with zero attached hydrogens (tertiary/aromatic N) is 2. The number of hydrogen-bond donors (Lipinski definition) is 3. The average molecular weight is 688 g/mol. The number of hydrogen-bond acceptors (Lipinski definition) is 9. The van der Waals surface area contributed by atoms with Crippen molar-refractivity contribution in [3.05, 3.63) is 75.7 Å². The van der Waals surface area contributed by atoms with Gasteiger partial charge in [0.05, 0.1) is 50.6 Å². The Morgan fingerprint density at radius 2 is 1.80 bits per heavy atom. The van der Waals surface area contributed by atoms with E-state index in [1.165, 1.54) is 6.92 Å². The zero-order valence-electron chi connectivity index (χ0n) is 29.1. The van der Waals surface area contributed by atoms with Crippen LogP contribution in [0.5, 0.6) is 17.2 Å². The fourth-order valence-electron chi connectivity index (χ4n) is 6.60. The minimum Gasteiger partial charge on any atom is -0.493 e. The number of nitrogens with one attached hydrogen (secondary N) is 3. The molecule has 5 rings (SSSR count). The van der Waals surface area contributed by atoms with Crippen LogP contribution in [0.15, 0.2) is 53.3 Å². The van der Waals surface area contributed by atoms with Gasteiger partial charge < -0.3 is 34.7 Å². The maximum absolute atomic E-state index is 14.0. The van der Waals surface area contributed by atoms with E-state index in [2.05, 4.69) is 34.4 Å². The summed E-state index contributed by atoms with van der Waals surface area (Å²) in [6, 6.07) is 14.0. The highest BCUT2D eigenvalue weighted by molar-refractivity contribution is 7.98. The van der Waals surface area contributed by atoms with Gasteiger partial charge in [0.2, 0.25) is 23.0 Å². The van der Waals surface area contributed by atoms with Gasteiger partial charge >= 0.3 is 0 Å². The lowest BCUT2D eigenvalue weighted by molar-refractivity contribution is -0.122. The molecule has 0 bridgehead atoms. The number of thioether (sulfide) groups is 1. The predicted molar refractivity (Wildman–Crippen MR) is 195 cm³/mol. The van der Waals surface area contributed by atoms with Crippen LogP contribution in [0.25, 0.3) is 22.2 Å². The minimum atomic E-state index is -0.684. The quantitative estimate of drug-likeness (QED) is 0.163. The van der Waals surface area contributed by atoms with Gasteiger partial charge in [0, 0.05) is 18.5 Å². The zero-order valence-corrected chi connectivity index (χ0v) is 30.0. The first-order valence-corrected chi connectivity index (χ1v) is 17.8. The van der Waals surface area contributed by atoms with Gasteiger partial charge in [-0.1, -0.05) is 18.2 Å². The third kappa shape index (κ3) is 7.49. The molecule has 0 saturated heterocycles. The van der Waals surface area contributed by atoms with Gasteiger partial charge in [-0.15, -0.1) is 0 Å². The van der Waals surface area contributed by atoms with Crippen molar-refractivity contribution in [1.82, 2.24) is 20.2 Å². The Kier molecular flexibility index (Phi) is 11.4. The molecular weight excluding hydrogens is 643 g/mol. The molecule has 12 heteroatoms. The van der Waals surface area contributed by atoms with Crippen LogP contribution in [0.2, 0.25) is 0 Å². The van der Waals surface area contributed by atoms with Gasteiger partial charge in [0.1, 0.15) is 11.9 Å². The highest BCUT2D eigenvalue weighted by Gasteiger charge is 2.30. The van der Waals surface area contributed by atoms with Crippen molar-refractivity contribution in [2.24, 2.45) is 0 Å². The van der Waals surface area contributed by atoms with Crippen molar-refractivity contribution in [3.63, 3.8) is 0 Å². The second-order valence-corrected chi connectivity index (χ2v) is 13.3. The highest BCUT2D eigenvalue weighted by atomic mass is 32.2. The summed E-state index contributed by atoms with van der Waals surface area (Å²) < 4.78 is 19.3. The summed E-state index contributed by atoms with van der Waals surface area (Å²) in [5, 5.41) is 9.36. The normalized spacial score (nSPS) is 14.3. The number of amides is 2. The molecule has 0 radical (unpaired) electrons. The number of carbonyl (C=O) groups is 2. The number of aromatic nitrogens is 2. The third-order valence-electron chi connectivity index (χ3n) is 8.78. The Hall–Kier alpha value is -4.71. The van der Waals surface area contributed by atoms with Gasteiger partial charge in [-0.25, -0.2) is 4.98 Å². The summed E-state index contributed by atoms with van der Waals surface area (Å²) in [6.07, 6.45) is 3.61. The molecule has 1 aliphatic carbocycles.